The van der Waals surface area contributed by atoms with Crippen molar-refractivity contribution < 1.29 is 4.79 Å². The number of aromatic amines is 1. The molecule has 0 fully saturated rings. The fraction of sp³-hybridized carbons (Fsp3) is 0.0909. The standard InChI is InChI=1S/C22H19N3O/c1-15-4-2-3-5-20(15)22(26)25-13-16-6-8-17(9-7-16)19-12-18-10-11-23-21(18)24-14-19/h2-12,14H,13H2,1H3,(H,23,24)(H,25,26). The van der Waals surface area contributed by atoms with Crippen LogP contribution >= 0.6 is 0 Å². The second kappa shape index (κ2) is 6.84. The molecule has 4 nitrogen and oxygen atoms in total. The predicted molar refractivity (Wildman–Crippen MR) is 104 cm³/mol. The van der Waals surface area contributed by atoms with Crippen LogP contribution in [0, 0.1) is 6.92 Å². The van der Waals surface area contributed by atoms with Gasteiger partial charge in [-0.1, -0.05) is 42.5 Å². The molecule has 4 rings (SSSR count). The topological polar surface area (TPSA) is 57.8 Å². The van der Waals surface area contributed by atoms with Gasteiger partial charge in [-0.2, -0.15) is 0 Å². The molecular formula is C22H19N3O. The zero-order valence-electron chi connectivity index (χ0n) is 14.5. The van der Waals surface area contributed by atoms with Crippen molar-refractivity contribution in [2.75, 3.05) is 0 Å². The fourth-order valence-electron chi connectivity index (χ4n) is 3.02. The lowest BCUT2D eigenvalue weighted by Gasteiger charge is -2.08. The highest BCUT2D eigenvalue weighted by Gasteiger charge is 2.08. The number of aromatic nitrogens is 2. The summed E-state index contributed by atoms with van der Waals surface area (Å²) >= 11 is 0. The van der Waals surface area contributed by atoms with E-state index >= 15 is 0 Å². The molecular weight excluding hydrogens is 322 g/mol. The van der Waals surface area contributed by atoms with Crippen molar-refractivity contribution in [3.05, 3.63) is 89.7 Å². The number of benzene rings is 2. The normalized spacial score (nSPS) is 10.8. The van der Waals surface area contributed by atoms with Gasteiger partial charge in [0, 0.05) is 35.5 Å². The Morgan fingerprint density at radius 1 is 1.04 bits per heavy atom. The highest BCUT2D eigenvalue weighted by molar-refractivity contribution is 5.95. The third kappa shape index (κ3) is 3.22. The molecule has 2 heterocycles. The van der Waals surface area contributed by atoms with Crippen LogP contribution in [-0.4, -0.2) is 15.9 Å². The van der Waals surface area contributed by atoms with Gasteiger partial charge < -0.3 is 10.3 Å². The summed E-state index contributed by atoms with van der Waals surface area (Å²) in [5.74, 6) is -0.0470. The van der Waals surface area contributed by atoms with E-state index in [1.807, 2.05) is 61.8 Å². The van der Waals surface area contributed by atoms with Gasteiger partial charge in [-0.15, -0.1) is 0 Å². The third-order valence-electron chi connectivity index (χ3n) is 4.53. The monoisotopic (exact) mass is 341 g/mol. The van der Waals surface area contributed by atoms with Gasteiger partial charge in [-0.25, -0.2) is 4.98 Å². The van der Waals surface area contributed by atoms with Crippen molar-refractivity contribution >= 4 is 16.9 Å². The molecule has 0 aliphatic carbocycles. The number of hydrogen-bond acceptors (Lipinski definition) is 2. The first-order chi connectivity index (χ1) is 12.7. The summed E-state index contributed by atoms with van der Waals surface area (Å²) < 4.78 is 0. The molecule has 0 spiro atoms. The average Bonchev–Trinajstić information content (AvgIpc) is 3.15. The number of aryl methyl sites for hydroxylation is 1. The molecule has 0 saturated carbocycles. The van der Waals surface area contributed by atoms with Gasteiger partial charge in [0.05, 0.1) is 0 Å². The number of H-pyrrole nitrogens is 1. The van der Waals surface area contributed by atoms with Gasteiger partial charge in [0.1, 0.15) is 5.65 Å². The second-order valence-corrected chi connectivity index (χ2v) is 6.33. The summed E-state index contributed by atoms with van der Waals surface area (Å²) in [6, 6.07) is 19.9. The second-order valence-electron chi connectivity index (χ2n) is 6.33. The predicted octanol–water partition coefficient (Wildman–Crippen LogP) is 4.47. The molecule has 0 unspecified atom stereocenters. The van der Waals surface area contributed by atoms with Crippen molar-refractivity contribution in [1.82, 2.24) is 15.3 Å². The number of carbonyl (C=O) groups is 1. The van der Waals surface area contributed by atoms with Gasteiger partial charge in [-0.3, -0.25) is 4.79 Å². The van der Waals surface area contributed by atoms with Crippen LogP contribution in [0.3, 0.4) is 0 Å². The third-order valence-corrected chi connectivity index (χ3v) is 4.53. The van der Waals surface area contributed by atoms with Crippen LogP contribution in [0.1, 0.15) is 21.5 Å². The lowest BCUT2D eigenvalue weighted by molar-refractivity contribution is 0.0950. The van der Waals surface area contributed by atoms with Crippen LogP contribution in [-0.2, 0) is 6.54 Å². The van der Waals surface area contributed by atoms with E-state index in [9.17, 15) is 4.79 Å². The first kappa shape index (κ1) is 16.1. The average molecular weight is 341 g/mol. The Balaban J connectivity index is 1.46. The van der Waals surface area contributed by atoms with Crippen LogP contribution in [0.15, 0.2) is 73.1 Å². The lowest BCUT2D eigenvalue weighted by atomic mass is 10.0. The highest BCUT2D eigenvalue weighted by Crippen LogP contribution is 2.22. The minimum Gasteiger partial charge on any atom is -0.348 e. The zero-order valence-corrected chi connectivity index (χ0v) is 14.5. The number of carbonyl (C=O) groups excluding carboxylic acids is 1. The maximum atomic E-state index is 12.3. The van der Waals surface area contributed by atoms with E-state index in [1.165, 1.54) is 0 Å². The van der Waals surface area contributed by atoms with Crippen LogP contribution in [0.25, 0.3) is 22.2 Å². The van der Waals surface area contributed by atoms with Crippen LogP contribution in [0.4, 0.5) is 0 Å². The molecule has 1 amide bonds. The Bertz CT molecular complexity index is 1060. The molecule has 0 radical (unpaired) electrons. The minimum absolute atomic E-state index is 0.0470. The van der Waals surface area contributed by atoms with Crippen LogP contribution in [0.5, 0.6) is 0 Å². The number of hydrogen-bond donors (Lipinski definition) is 2. The van der Waals surface area contributed by atoms with Gasteiger partial charge in [-0.05, 0) is 41.8 Å². The van der Waals surface area contributed by atoms with E-state index in [2.05, 4.69) is 33.5 Å². The number of nitrogens with one attached hydrogen (secondary N) is 2. The van der Waals surface area contributed by atoms with Crippen molar-refractivity contribution in [2.45, 2.75) is 13.5 Å². The van der Waals surface area contributed by atoms with E-state index in [1.54, 1.807) is 0 Å². The molecule has 2 aromatic heterocycles. The molecule has 0 aliphatic heterocycles. The molecule has 0 aliphatic rings. The summed E-state index contributed by atoms with van der Waals surface area (Å²) in [6.07, 6.45) is 3.76. The largest absolute Gasteiger partial charge is 0.348 e. The molecule has 26 heavy (non-hydrogen) atoms. The quantitative estimate of drug-likeness (QED) is 0.575. The molecule has 0 atom stereocenters. The molecule has 0 bridgehead atoms. The Morgan fingerprint density at radius 2 is 1.85 bits per heavy atom. The van der Waals surface area contributed by atoms with E-state index in [0.717, 1.165) is 38.9 Å². The number of fused-ring (bicyclic) bond motifs is 1. The zero-order chi connectivity index (χ0) is 17.9. The number of pyridine rings is 1. The highest BCUT2D eigenvalue weighted by atomic mass is 16.1. The molecule has 2 aromatic carbocycles. The number of amides is 1. The summed E-state index contributed by atoms with van der Waals surface area (Å²) in [4.78, 5) is 19.8. The summed E-state index contributed by atoms with van der Waals surface area (Å²) in [5.41, 5.74) is 5.83. The van der Waals surface area contributed by atoms with Crippen LogP contribution < -0.4 is 5.32 Å². The molecule has 4 aromatic rings. The van der Waals surface area contributed by atoms with Gasteiger partial charge >= 0.3 is 0 Å². The van der Waals surface area contributed by atoms with E-state index in [0.29, 0.717) is 6.54 Å². The minimum atomic E-state index is -0.0470. The van der Waals surface area contributed by atoms with E-state index in [-0.39, 0.29) is 5.91 Å². The molecule has 0 saturated heterocycles. The Morgan fingerprint density at radius 3 is 2.65 bits per heavy atom. The summed E-state index contributed by atoms with van der Waals surface area (Å²) in [7, 11) is 0. The van der Waals surface area contributed by atoms with Crippen molar-refractivity contribution in [2.24, 2.45) is 0 Å². The van der Waals surface area contributed by atoms with E-state index in [4.69, 9.17) is 0 Å². The van der Waals surface area contributed by atoms with Crippen molar-refractivity contribution in [1.29, 1.82) is 0 Å². The fourth-order valence-corrected chi connectivity index (χ4v) is 3.02. The molecule has 4 heteroatoms. The first-order valence-electron chi connectivity index (χ1n) is 8.57. The van der Waals surface area contributed by atoms with Gasteiger partial charge in [0.15, 0.2) is 0 Å². The molecule has 2 N–H and O–H groups in total. The van der Waals surface area contributed by atoms with Gasteiger partial charge in [0.25, 0.3) is 5.91 Å². The summed E-state index contributed by atoms with van der Waals surface area (Å²) in [5, 5.41) is 4.08. The number of nitrogens with zero attached hydrogens (tertiary/aromatic N) is 1. The number of rotatable bonds is 4. The SMILES string of the molecule is Cc1ccccc1C(=O)NCc1ccc(-c2cnc3[nH]ccc3c2)cc1. The smallest absolute Gasteiger partial charge is 0.251 e. The lowest BCUT2D eigenvalue weighted by Crippen LogP contribution is -2.23. The maximum absolute atomic E-state index is 12.3. The Kier molecular flexibility index (Phi) is 4.23. The molecule has 128 valence electrons. The Labute approximate surface area is 151 Å². The first-order valence-corrected chi connectivity index (χ1v) is 8.57. The van der Waals surface area contributed by atoms with E-state index < -0.39 is 0 Å². The van der Waals surface area contributed by atoms with Gasteiger partial charge in [0.2, 0.25) is 0 Å². The maximum Gasteiger partial charge on any atom is 0.251 e. The Hall–Kier alpha value is -3.40. The summed E-state index contributed by atoms with van der Waals surface area (Å²) in [6.45, 7) is 2.45. The van der Waals surface area contributed by atoms with Crippen molar-refractivity contribution in [3.8, 4) is 11.1 Å². The van der Waals surface area contributed by atoms with Crippen molar-refractivity contribution in [3.63, 3.8) is 0 Å². The van der Waals surface area contributed by atoms with Crippen LogP contribution in [0.2, 0.25) is 0 Å².